The highest BCUT2D eigenvalue weighted by Crippen LogP contribution is 2.25. The molecule has 2 aromatic carbocycles. The molecule has 2 nitrogen and oxygen atoms in total. The van der Waals surface area contributed by atoms with E-state index >= 15 is 0 Å². The van der Waals surface area contributed by atoms with Gasteiger partial charge in [0.15, 0.2) is 0 Å². The van der Waals surface area contributed by atoms with Crippen LogP contribution in [0.5, 0.6) is 0 Å². The maximum atomic E-state index is 4.19. The Kier molecular flexibility index (Phi) is 7.27. The Morgan fingerprint density at radius 3 is 2.08 bits per heavy atom. The van der Waals surface area contributed by atoms with Gasteiger partial charge in [-0.15, -0.1) is 0 Å². The first-order valence-electron chi connectivity index (χ1n) is 8.95. The molecule has 0 amide bonds. The first-order chi connectivity index (χ1) is 12.7. The van der Waals surface area contributed by atoms with Crippen molar-refractivity contribution in [2.45, 2.75) is 37.1 Å². The second kappa shape index (κ2) is 9.89. The first kappa shape index (κ1) is 19.1. The van der Waals surface area contributed by atoms with Gasteiger partial charge in [-0.3, -0.25) is 0 Å². The fraction of sp³-hybridized carbons (Fsp3) is 0.318. The molecule has 0 saturated carbocycles. The van der Waals surface area contributed by atoms with Crippen molar-refractivity contribution in [1.29, 1.82) is 0 Å². The maximum absolute atomic E-state index is 4.19. The van der Waals surface area contributed by atoms with E-state index < -0.39 is 0 Å². The molecule has 136 valence electrons. The highest BCUT2D eigenvalue weighted by molar-refractivity contribution is 8.02. The Hall–Kier alpha value is -1.65. The summed E-state index contributed by atoms with van der Waals surface area (Å²) in [5.74, 6) is 3.28. The summed E-state index contributed by atoms with van der Waals surface area (Å²) < 4.78 is 2.19. The molecule has 0 fully saturated rings. The number of aryl methyl sites for hydroxylation is 2. The molecule has 0 aliphatic carbocycles. The molecule has 1 heterocycles. The Morgan fingerprint density at radius 1 is 0.885 bits per heavy atom. The van der Waals surface area contributed by atoms with Gasteiger partial charge in [0.2, 0.25) is 0 Å². The molecule has 26 heavy (non-hydrogen) atoms. The van der Waals surface area contributed by atoms with E-state index in [4.69, 9.17) is 0 Å². The minimum absolute atomic E-state index is 0.570. The number of nitrogens with zero attached hydrogens (tertiary/aromatic N) is 2. The van der Waals surface area contributed by atoms with Crippen LogP contribution in [0.15, 0.2) is 67.3 Å². The predicted octanol–water partition coefficient (Wildman–Crippen LogP) is 5.74. The minimum atomic E-state index is 0.570. The van der Waals surface area contributed by atoms with Crippen molar-refractivity contribution in [1.82, 2.24) is 9.55 Å². The van der Waals surface area contributed by atoms with E-state index in [0.29, 0.717) is 5.25 Å². The molecule has 4 heteroatoms. The molecule has 0 radical (unpaired) electrons. The van der Waals surface area contributed by atoms with E-state index in [2.05, 4.69) is 78.1 Å². The first-order valence-corrected chi connectivity index (χ1v) is 11.2. The van der Waals surface area contributed by atoms with Crippen molar-refractivity contribution in [3.05, 3.63) is 89.5 Å². The lowest BCUT2D eigenvalue weighted by atomic mass is 10.2. The number of hydrogen-bond donors (Lipinski definition) is 0. The Morgan fingerprint density at radius 2 is 1.50 bits per heavy atom. The summed E-state index contributed by atoms with van der Waals surface area (Å²) in [4.78, 5) is 4.19. The summed E-state index contributed by atoms with van der Waals surface area (Å²) in [5.41, 5.74) is 5.46. The van der Waals surface area contributed by atoms with Gasteiger partial charge in [-0.05, 0) is 25.0 Å². The second-order valence-corrected chi connectivity index (χ2v) is 9.00. The molecule has 3 aromatic rings. The average molecular weight is 383 g/mol. The topological polar surface area (TPSA) is 17.8 Å². The fourth-order valence-electron chi connectivity index (χ4n) is 2.67. The van der Waals surface area contributed by atoms with E-state index in [9.17, 15) is 0 Å². The van der Waals surface area contributed by atoms with Gasteiger partial charge in [0, 0.05) is 41.4 Å². The van der Waals surface area contributed by atoms with Crippen LogP contribution in [0.25, 0.3) is 0 Å². The SMILES string of the molecule is Cc1ccc(CSCC(Cn2ccnc2)SCc2ccc(C)cc2)cc1. The van der Waals surface area contributed by atoms with Crippen molar-refractivity contribution in [3.8, 4) is 0 Å². The van der Waals surface area contributed by atoms with Crippen LogP contribution in [0.2, 0.25) is 0 Å². The summed E-state index contributed by atoms with van der Waals surface area (Å²) >= 11 is 4.07. The van der Waals surface area contributed by atoms with Gasteiger partial charge < -0.3 is 4.57 Å². The van der Waals surface area contributed by atoms with Crippen molar-refractivity contribution >= 4 is 23.5 Å². The Bertz CT molecular complexity index is 765. The Labute approximate surface area is 165 Å². The number of thioether (sulfide) groups is 2. The standard InChI is InChI=1S/C22H26N2S2/c1-18-3-7-20(8-4-18)14-25-16-22(13-24-12-11-23-17-24)26-15-21-9-5-19(2)6-10-21/h3-12,17,22H,13-16H2,1-2H3. The largest absolute Gasteiger partial charge is 0.336 e. The number of imidazole rings is 1. The quantitative estimate of drug-likeness (QED) is 0.470. The summed E-state index contributed by atoms with van der Waals surface area (Å²) in [6, 6.07) is 17.8. The van der Waals surface area contributed by atoms with Crippen LogP contribution in [0, 0.1) is 13.8 Å². The second-order valence-electron chi connectivity index (χ2n) is 6.68. The van der Waals surface area contributed by atoms with Gasteiger partial charge in [0.05, 0.1) is 6.33 Å². The van der Waals surface area contributed by atoms with Crippen LogP contribution in [0.4, 0.5) is 0 Å². The third kappa shape index (κ3) is 6.26. The van der Waals surface area contributed by atoms with Crippen LogP contribution >= 0.6 is 23.5 Å². The summed E-state index contributed by atoms with van der Waals surface area (Å²) in [7, 11) is 0. The Balaban J connectivity index is 1.53. The van der Waals surface area contributed by atoms with Gasteiger partial charge in [0.25, 0.3) is 0 Å². The van der Waals surface area contributed by atoms with E-state index in [1.807, 2.05) is 36.0 Å². The summed E-state index contributed by atoms with van der Waals surface area (Å²) in [5, 5.41) is 0.570. The molecule has 3 rings (SSSR count). The average Bonchev–Trinajstić information content (AvgIpc) is 3.15. The number of rotatable bonds is 9. The van der Waals surface area contributed by atoms with Gasteiger partial charge in [0.1, 0.15) is 0 Å². The lowest BCUT2D eigenvalue weighted by Gasteiger charge is -2.17. The highest BCUT2D eigenvalue weighted by atomic mass is 32.2. The van der Waals surface area contributed by atoms with Crippen LogP contribution in [-0.2, 0) is 18.1 Å². The molecule has 1 atom stereocenters. The van der Waals surface area contributed by atoms with Crippen LogP contribution in [0.1, 0.15) is 22.3 Å². The monoisotopic (exact) mass is 382 g/mol. The van der Waals surface area contributed by atoms with Gasteiger partial charge in [-0.2, -0.15) is 23.5 Å². The van der Waals surface area contributed by atoms with E-state index in [1.165, 1.54) is 22.3 Å². The van der Waals surface area contributed by atoms with E-state index in [1.54, 1.807) is 0 Å². The highest BCUT2D eigenvalue weighted by Gasteiger charge is 2.11. The zero-order valence-electron chi connectivity index (χ0n) is 15.5. The van der Waals surface area contributed by atoms with E-state index in [0.717, 1.165) is 23.8 Å². The van der Waals surface area contributed by atoms with Gasteiger partial charge in [-0.1, -0.05) is 59.7 Å². The van der Waals surface area contributed by atoms with Crippen molar-refractivity contribution in [2.24, 2.45) is 0 Å². The lowest BCUT2D eigenvalue weighted by molar-refractivity contribution is 0.695. The van der Waals surface area contributed by atoms with Crippen LogP contribution in [0.3, 0.4) is 0 Å². The molecule has 0 N–H and O–H groups in total. The van der Waals surface area contributed by atoms with Crippen LogP contribution in [-0.4, -0.2) is 20.6 Å². The molecule has 1 unspecified atom stereocenters. The molecule has 0 aliphatic rings. The van der Waals surface area contributed by atoms with Crippen LogP contribution < -0.4 is 0 Å². The molecule has 0 aliphatic heterocycles. The molecule has 1 aromatic heterocycles. The van der Waals surface area contributed by atoms with Crippen molar-refractivity contribution in [3.63, 3.8) is 0 Å². The molecule has 0 spiro atoms. The van der Waals surface area contributed by atoms with Gasteiger partial charge >= 0.3 is 0 Å². The molecule has 0 bridgehead atoms. The smallest absolute Gasteiger partial charge is 0.0946 e. The number of benzene rings is 2. The maximum Gasteiger partial charge on any atom is 0.0946 e. The number of hydrogen-bond acceptors (Lipinski definition) is 3. The number of aromatic nitrogens is 2. The molecular weight excluding hydrogens is 356 g/mol. The van der Waals surface area contributed by atoms with Gasteiger partial charge in [-0.25, -0.2) is 4.98 Å². The predicted molar refractivity (Wildman–Crippen MR) is 116 cm³/mol. The zero-order valence-corrected chi connectivity index (χ0v) is 17.1. The minimum Gasteiger partial charge on any atom is -0.336 e. The third-order valence-electron chi connectivity index (χ3n) is 4.27. The van der Waals surface area contributed by atoms with Crippen molar-refractivity contribution < 1.29 is 0 Å². The lowest BCUT2D eigenvalue weighted by Crippen LogP contribution is -2.15. The third-order valence-corrected chi connectivity index (χ3v) is 6.95. The molecule has 0 saturated heterocycles. The molecular formula is C22H26N2S2. The summed E-state index contributed by atoms with van der Waals surface area (Å²) in [6.07, 6.45) is 5.84. The van der Waals surface area contributed by atoms with Crippen molar-refractivity contribution in [2.75, 3.05) is 5.75 Å². The summed E-state index contributed by atoms with van der Waals surface area (Å²) in [6.45, 7) is 5.29. The normalized spacial score (nSPS) is 12.2. The fourth-order valence-corrected chi connectivity index (χ4v) is 5.16. The zero-order chi connectivity index (χ0) is 18.2. The van der Waals surface area contributed by atoms with E-state index in [-0.39, 0.29) is 0 Å².